The van der Waals surface area contributed by atoms with Crippen LogP contribution >= 0.6 is 0 Å². The Kier molecular flexibility index (Phi) is 4.53. The third kappa shape index (κ3) is 3.92. The molecule has 6 heteroatoms. The molecule has 2 aromatic carbocycles. The highest BCUT2D eigenvalue weighted by molar-refractivity contribution is 6.02. The number of hydrogen-bond donors (Lipinski definition) is 2. The highest BCUT2D eigenvalue weighted by Crippen LogP contribution is 2.20. The van der Waals surface area contributed by atoms with Crippen LogP contribution in [0.1, 0.15) is 11.1 Å². The fraction of sp³-hybridized carbons (Fsp3) is 0.0625. The van der Waals surface area contributed by atoms with E-state index < -0.39 is 4.92 Å². The van der Waals surface area contributed by atoms with Crippen LogP contribution in [0, 0.1) is 17.0 Å². The van der Waals surface area contributed by atoms with Gasteiger partial charge in [0.15, 0.2) is 0 Å². The van der Waals surface area contributed by atoms with E-state index in [4.69, 9.17) is 0 Å². The molecule has 0 radical (unpaired) electrons. The van der Waals surface area contributed by atoms with E-state index in [1.807, 2.05) is 0 Å². The summed E-state index contributed by atoms with van der Waals surface area (Å²) in [6.45, 7) is 1.77. The van der Waals surface area contributed by atoms with Crippen LogP contribution in [0.3, 0.4) is 0 Å². The quantitative estimate of drug-likeness (QED) is 0.392. The molecule has 22 heavy (non-hydrogen) atoms. The first-order chi connectivity index (χ1) is 10.5. The zero-order valence-corrected chi connectivity index (χ0v) is 11.8. The van der Waals surface area contributed by atoms with Crippen LogP contribution in [-0.4, -0.2) is 15.9 Å². The second-order valence-corrected chi connectivity index (χ2v) is 4.67. The number of aryl methyl sites for hydroxylation is 1. The molecule has 0 saturated heterocycles. The van der Waals surface area contributed by atoms with Gasteiger partial charge in [-0.3, -0.25) is 14.9 Å². The lowest BCUT2D eigenvalue weighted by Gasteiger charge is -2.06. The van der Waals surface area contributed by atoms with E-state index in [0.717, 1.165) is 5.56 Å². The van der Waals surface area contributed by atoms with Crippen molar-refractivity contribution in [3.8, 4) is 5.75 Å². The van der Waals surface area contributed by atoms with Crippen LogP contribution in [0.15, 0.2) is 48.5 Å². The summed E-state index contributed by atoms with van der Waals surface area (Å²) in [6.07, 6.45) is 2.91. The van der Waals surface area contributed by atoms with Gasteiger partial charge in [0, 0.05) is 23.9 Å². The summed E-state index contributed by atoms with van der Waals surface area (Å²) < 4.78 is 0. The van der Waals surface area contributed by atoms with E-state index in [1.165, 1.54) is 24.3 Å². The van der Waals surface area contributed by atoms with Crippen LogP contribution in [-0.2, 0) is 4.79 Å². The number of nitrogens with zero attached hydrogens (tertiary/aromatic N) is 1. The number of phenols is 1. The molecular weight excluding hydrogens is 284 g/mol. The van der Waals surface area contributed by atoms with Gasteiger partial charge in [-0.25, -0.2) is 0 Å². The topological polar surface area (TPSA) is 92.5 Å². The van der Waals surface area contributed by atoms with E-state index in [2.05, 4.69) is 5.32 Å². The molecule has 0 saturated carbocycles. The standard InChI is InChI=1S/C16H14N2O4/c1-11-10-14(19)7-8-15(11)17-16(20)9-4-12-2-5-13(6-3-12)18(21)22/h2-10,19H,1H3,(H,17,20)/b9-4+. The highest BCUT2D eigenvalue weighted by Gasteiger charge is 2.04. The molecule has 0 aliphatic heterocycles. The molecule has 0 atom stereocenters. The Hall–Kier alpha value is -3.15. The number of aromatic hydroxyl groups is 1. The maximum atomic E-state index is 11.8. The number of anilines is 1. The van der Waals surface area contributed by atoms with Gasteiger partial charge in [0.25, 0.3) is 5.69 Å². The van der Waals surface area contributed by atoms with Gasteiger partial charge in [-0.2, -0.15) is 0 Å². The SMILES string of the molecule is Cc1cc(O)ccc1NC(=O)/C=C/c1ccc([N+](=O)[O-])cc1. The zero-order valence-electron chi connectivity index (χ0n) is 11.8. The molecule has 0 spiro atoms. The number of amides is 1. The molecule has 1 amide bonds. The van der Waals surface area contributed by atoms with Crippen LogP contribution in [0.25, 0.3) is 6.08 Å². The number of rotatable bonds is 4. The number of carbonyl (C=O) groups is 1. The maximum absolute atomic E-state index is 11.8. The van der Waals surface area contributed by atoms with Gasteiger partial charge in [-0.1, -0.05) is 0 Å². The highest BCUT2D eigenvalue weighted by atomic mass is 16.6. The lowest BCUT2D eigenvalue weighted by atomic mass is 10.1. The number of nitro benzene ring substituents is 1. The predicted octanol–water partition coefficient (Wildman–Crippen LogP) is 3.26. The summed E-state index contributed by atoms with van der Waals surface area (Å²) in [5, 5.41) is 22.5. The van der Waals surface area contributed by atoms with Gasteiger partial charge in [0.2, 0.25) is 5.91 Å². The first-order valence-corrected chi connectivity index (χ1v) is 6.49. The molecule has 0 unspecified atom stereocenters. The minimum absolute atomic E-state index is 0.00122. The Balaban J connectivity index is 2.03. The summed E-state index contributed by atoms with van der Waals surface area (Å²) in [6, 6.07) is 10.5. The number of benzene rings is 2. The molecular formula is C16H14N2O4. The van der Waals surface area contributed by atoms with Crippen LogP contribution in [0.4, 0.5) is 11.4 Å². The fourth-order valence-corrected chi connectivity index (χ4v) is 1.84. The van der Waals surface area contributed by atoms with Crippen molar-refractivity contribution in [2.45, 2.75) is 6.92 Å². The van der Waals surface area contributed by atoms with Gasteiger partial charge in [-0.05, 0) is 54.5 Å². The molecule has 0 aromatic heterocycles. The molecule has 0 fully saturated rings. The smallest absolute Gasteiger partial charge is 0.269 e. The number of non-ortho nitro benzene ring substituents is 1. The molecule has 0 heterocycles. The molecule has 2 rings (SSSR count). The second kappa shape index (κ2) is 6.53. The minimum Gasteiger partial charge on any atom is -0.508 e. The molecule has 0 aliphatic rings. The van der Waals surface area contributed by atoms with E-state index in [9.17, 15) is 20.0 Å². The summed E-state index contributed by atoms with van der Waals surface area (Å²) in [4.78, 5) is 21.9. The monoisotopic (exact) mass is 298 g/mol. The Bertz CT molecular complexity index is 736. The molecule has 2 N–H and O–H groups in total. The average Bonchev–Trinajstić information content (AvgIpc) is 2.48. The zero-order chi connectivity index (χ0) is 16.1. The molecule has 2 aromatic rings. The average molecular weight is 298 g/mol. The summed E-state index contributed by atoms with van der Waals surface area (Å²) in [5.41, 5.74) is 2.04. The van der Waals surface area contributed by atoms with Gasteiger partial charge in [0.1, 0.15) is 5.75 Å². The van der Waals surface area contributed by atoms with Gasteiger partial charge in [0.05, 0.1) is 4.92 Å². The minimum atomic E-state index is -0.478. The second-order valence-electron chi connectivity index (χ2n) is 4.67. The van der Waals surface area contributed by atoms with Crippen molar-refractivity contribution in [3.05, 3.63) is 69.8 Å². The van der Waals surface area contributed by atoms with E-state index in [1.54, 1.807) is 37.3 Å². The summed E-state index contributed by atoms with van der Waals surface area (Å²) in [7, 11) is 0. The Morgan fingerprint density at radius 3 is 2.50 bits per heavy atom. The van der Waals surface area contributed by atoms with Gasteiger partial charge < -0.3 is 10.4 Å². The predicted molar refractivity (Wildman–Crippen MR) is 83.6 cm³/mol. The molecule has 6 nitrogen and oxygen atoms in total. The Morgan fingerprint density at radius 2 is 1.91 bits per heavy atom. The fourth-order valence-electron chi connectivity index (χ4n) is 1.84. The van der Waals surface area contributed by atoms with Crippen LogP contribution < -0.4 is 5.32 Å². The van der Waals surface area contributed by atoms with Crippen LogP contribution in [0.2, 0.25) is 0 Å². The molecule has 112 valence electrons. The largest absolute Gasteiger partial charge is 0.508 e. The van der Waals surface area contributed by atoms with Gasteiger partial charge >= 0.3 is 0 Å². The number of nitrogens with one attached hydrogen (secondary N) is 1. The van der Waals surface area contributed by atoms with Crippen molar-refractivity contribution < 1.29 is 14.8 Å². The number of phenolic OH excluding ortho intramolecular Hbond substituents is 1. The first kappa shape index (κ1) is 15.2. The number of hydrogen-bond acceptors (Lipinski definition) is 4. The lowest BCUT2D eigenvalue weighted by molar-refractivity contribution is -0.384. The maximum Gasteiger partial charge on any atom is 0.269 e. The summed E-state index contributed by atoms with van der Waals surface area (Å²) >= 11 is 0. The van der Waals surface area contributed by atoms with E-state index >= 15 is 0 Å². The third-order valence-electron chi connectivity index (χ3n) is 3.00. The van der Waals surface area contributed by atoms with Crippen LogP contribution in [0.5, 0.6) is 5.75 Å². The lowest BCUT2D eigenvalue weighted by Crippen LogP contribution is -2.08. The van der Waals surface area contributed by atoms with Crippen molar-refractivity contribution in [3.63, 3.8) is 0 Å². The van der Waals surface area contributed by atoms with Crippen molar-refractivity contribution >= 4 is 23.4 Å². The van der Waals surface area contributed by atoms with Crippen molar-refractivity contribution in [1.82, 2.24) is 0 Å². The van der Waals surface area contributed by atoms with E-state index in [-0.39, 0.29) is 17.3 Å². The number of carbonyl (C=O) groups excluding carboxylic acids is 1. The number of nitro groups is 1. The van der Waals surface area contributed by atoms with E-state index in [0.29, 0.717) is 11.3 Å². The van der Waals surface area contributed by atoms with Gasteiger partial charge in [-0.15, -0.1) is 0 Å². The summed E-state index contributed by atoms with van der Waals surface area (Å²) in [5.74, 6) is -0.191. The first-order valence-electron chi connectivity index (χ1n) is 6.49. The molecule has 0 aliphatic carbocycles. The van der Waals surface area contributed by atoms with Crippen molar-refractivity contribution in [2.75, 3.05) is 5.32 Å². The molecule has 0 bridgehead atoms. The van der Waals surface area contributed by atoms with Crippen molar-refractivity contribution in [2.24, 2.45) is 0 Å². The Labute approximate surface area is 126 Å². The normalized spacial score (nSPS) is 10.6. The third-order valence-corrected chi connectivity index (χ3v) is 3.00. The van der Waals surface area contributed by atoms with Crippen molar-refractivity contribution in [1.29, 1.82) is 0 Å². The Morgan fingerprint density at radius 1 is 1.23 bits per heavy atom.